The maximum absolute atomic E-state index is 12.9. The molecule has 1 atom stereocenters. The molecule has 0 bridgehead atoms. The number of carbonyl (C=O) groups is 2. The second-order valence-electron chi connectivity index (χ2n) is 5.02. The van der Waals surface area contributed by atoms with Gasteiger partial charge in [0.05, 0.1) is 11.9 Å². The monoisotopic (exact) mass is 335 g/mol. The molecule has 3 nitrogen and oxygen atoms in total. The third-order valence-corrected chi connectivity index (χ3v) is 3.79. The maximum atomic E-state index is 12.9. The fourth-order valence-corrected chi connectivity index (χ4v) is 2.54. The van der Waals surface area contributed by atoms with E-state index in [4.69, 9.17) is 11.6 Å². The van der Waals surface area contributed by atoms with Gasteiger partial charge < -0.3 is 5.32 Å². The van der Waals surface area contributed by atoms with E-state index in [1.165, 1.54) is 0 Å². The van der Waals surface area contributed by atoms with Crippen LogP contribution in [0.15, 0.2) is 0 Å². The van der Waals surface area contributed by atoms with Gasteiger partial charge in [0.2, 0.25) is 0 Å². The second-order valence-corrected chi connectivity index (χ2v) is 5.29. The zero-order chi connectivity index (χ0) is 16.3. The number of rotatable bonds is 5. The SMILES string of the molecule is O=C(CCl)C(NC(=O)C(F)(F)C(F)(F)F)C1CCCCC1. The van der Waals surface area contributed by atoms with E-state index in [2.05, 4.69) is 0 Å². The first-order valence-electron chi connectivity index (χ1n) is 6.45. The Morgan fingerprint density at radius 1 is 1.10 bits per heavy atom. The van der Waals surface area contributed by atoms with Crippen molar-refractivity contribution in [2.45, 2.75) is 50.2 Å². The third-order valence-electron chi connectivity index (χ3n) is 3.53. The minimum Gasteiger partial charge on any atom is -0.340 e. The quantitative estimate of drug-likeness (QED) is 0.620. The summed E-state index contributed by atoms with van der Waals surface area (Å²) in [7, 11) is 0. The van der Waals surface area contributed by atoms with Gasteiger partial charge in [-0.2, -0.15) is 22.0 Å². The molecule has 1 saturated carbocycles. The summed E-state index contributed by atoms with van der Waals surface area (Å²) in [4.78, 5) is 22.9. The average molecular weight is 336 g/mol. The highest BCUT2D eigenvalue weighted by atomic mass is 35.5. The first kappa shape index (κ1) is 18.1. The number of ketones is 1. The number of halogens is 6. The molecule has 1 unspecified atom stereocenters. The van der Waals surface area contributed by atoms with Crippen LogP contribution in [0.1, 0.15) is 32.1 Å². The number of amides is 1. The predicted octanol–water partition coefficient (Wildman–Crippen LogP) is 3.06. The fourth-order valence-electron chi connectivity index (χ4n) is 2.37. The van der Waals surface area contributed by atoms with Crippen LogP contribution in [0.25, 0.3) is 0 Å². The highest BCUT2D eigenvalue weighted by Crippen LogP contribution is 2.36. The van der Waals surface area contributed by atoms with E-state index in [1.54, 1.807) is 5.32 Å². The molecular weight excluding hydrogens is 321 g/mol. The fraction of sp³-hybridized carbons (Fsp3) is 0.833. The van der Waals surface area contributed by atoms with E-state index in [9.17, 15) is 31.5 Å². The molecule has 0 aromatic carbocycles. The van der Waals surface area contributed by atoms with Crippen LogP contribution in [0.2, 0.25) is 0 Å². The summed E-state index contributed by atoms with van der Waals surface area (Å²) < 4.78 is 62.3. The van der Waals surface area contributed by atoms with Crippen molar-refractivity contribution >= 4 is 23.3 Å². The molecule has 0 spiro atoms. The van der Waals surface area contributed by atoms with Crippen LogP contribution in [-0.4, -0.2) is 35.7 Å². The summed E-state index contributed by atoms with van der Waals surface area (Å²) in [5.74, 6) is -9.82. The van der Waals surface area contributed by atoms with E-state index in [1.807, 2.05) is 0 Å². The normalized spacial score (nSPS) is 19.1. The minimum absolute atomic E-state index is 0.460. The molecule has 0 radical (unpaired) electrons. The summed E-state index contributed by atoms with van der Waals surface area (Å²) >= 11 is 5.34. The Kier molecular flexibility index (Phi) is 5.95. The lowest BCUT2D eigenvalue weighted by Gasteiger charge is -2.31. The van der Waals surface area contributed by atoms with Crippen molar-refractivity contribution < 1.29 is 31.5 Å². The Hall–Kier alpha value is -0.920. The summed E-state index contributed by atoms with van der Waals surface area (Å²) in [6, 6.07) is -1.40. The number of alkyl halides is 6. The van der Waals surface area contributed by atoms with Crippen LogP contribution in [0.4, 0.5) is 22.0 Å². The van der Waals surface area contributed by atoms with Gasteiger partial charge in [-0.1, -0.05) is 19.3 Å². The predicted molar refractivity (Wildman–Crippen MR) is 65.2 cm³/mol. The molecule has 1 fully saturated rings. The van der Waals surface area contributed by atoms with E-state index in [-0.39, 0.29) is 0 Å². The van der Waals surface area contributed by atoms with Gasteiger partial charge in [-0.25, -0.2) is 0 Å². The molecule has 0 heterocycles. The van der Waals surface area contributed by atoms with Gasteiger partial charge in [0.15, 0.2) is 5.78 Å². The molecule has 0 saturated heterocycles. The highest BCUT2D eigenvalue weighted by Gasteiger charge is 2.63. The Morgan fingerprint density at radius 3 is 2.05 bits per heavy atom. The Bertz CT molecular complexity index is 394. The topological polar surface area (TPSA) is 46.2 Å². The van der Waals surface area contributed by atoms with Crippen molar-refractivity contribution in [2.24, 2.45) is 5.92 Å². The Labute approximate surface area is 123 Å². The molecule has 1 amide bonds. The van der Waals surface area contributed by atoms with Crippen LogP contribution < -0.4 is 5.32 Å². The Morgan fingerprint density at radius 2 is 1.62 bits per heavy atom. The zero-order valence-corrected chi connectivity index (χ0v) is 11.7. The maximum Gasteiger partial charge on any atom is 0.463 e. The van der Waals surface area contributed by atoms with Crippen LogP contribution in [0.5, 0.6) is 0 Å². The second kappa shape index (κ2) is 6.89. The largest absolute Gasteiger partial charge is 0.463 e. The number of hydrogen-bond acceptors (Lipinski definition) is 2. The number of nitrogens with one attached hydrogen (secondary N) is 1. The molecular formula is C12H15ClF5NO2. The van der Waals surface area contributed by atoms with E-state index in [0.29, 0.717) is 12.8 Å². The lowest BCUT2D eigenvalue weighted by Crippen LogP contribution is -2.56. The lowest BCUT2D eigenvalue weighted by molar-refractivity contribution is -0.270. The van der Waals surface area contributed by atoms with Crippen molar-refractivity contribution in [3.8, 4) is 0 Å². The van der Waals surface area contributed by atoms with Crippen molar-refractivity contribution in [2.75, 3.05) is 5.88 Å². The van der Waals surface area contributed by atoms with Crippen molar-refractivity contribution in [1.82, 2.24) is 5.32 Å². The Balaban J connectivity index is 2.86. The zero-order valence-electron chi connectivity index (χ0n) is 11.0. The van der Waals surface area contributed by atoms with Gasteiger partial charge in [0.25, 0.3) is 0 Å². The van der Waals surface area contributed by atoms with Crippen LogP contribution in [0.3, 0.4) is 0 Å². The van der Waals surface area contributed by atoms with E-state index < -0.39 is 41.6 Å². The van der Waals surface area contributed by atoms with E-state index >= 15 is 0 Å². The summed E-state index contributed by atoms with van der Waals surface area (Å²) in [5.41, 5.74) is 0. The minimum atomic E-state index is -6.00. The third kappa shape index (κ3) is 4.28. The van der Waals surface area contributed by atoms with Crippen LogP contribution >= 0.6 is 11.6 Å². The lowest BCUT2D eigenvalue weighted by atomic mass is 9.82. The molecule has 1 aliphatic rings. The molecule has 1 N–H and O–H groups in total. The molecule has 0 aromatic heterocycles. The summed E-state index contributed by atoms with van der Waals surface area (Å²) in [6.07, 6.45) is -2.70. The van der Waals surface area contributed by atoms with Crippen molar-refractivity contribution in [3.63, 3.8) is 0 Å². The molecule has 9 heteroatoms. The van der Waals surface area contributed by atoms with Gasteiger partial charge in [-0.3, -0.25) is 9.59 Å². The first-order chi connectivity index (χ1) is 9.61. The van der Waals surface area contributed by atoms with Gasteiger partial charge in [0, 0.05) is 0 Å². The van der Waals surface area contributed by atoms with Crippen molar-refractivity contribution in [1.29, 1.82) is 0 Å². The summed E-state index contributed by atoms with van der Waals surface area (Å²) in [5, 5.41) is 1.54. The average Bonchev–Trinajstić information content (AvgIpc) is 2.43. The van der Waals surface area contributed by atoms with Gasteiger partial charge in [-0.15, -0.1) is 11.6 Å². The molecule has 0 aromatic rings. The van der Waals surface area contributed by atoms with Crippen LogP contribution in [0, 0.1) is 5.92 Å². The highest BCUT2D eigenvalue weighted by molar-refractivity contribution is 6.28. The summed E-state index contributed by atoms with van der Waals surface area (Å²) in [6.45, 7) is 0. The van der Waals surface area contributed by atoms with Crippen LogP contribution in [-0.2, 0) is 9.59 Å². The molecule has 1 rings (SSSR count). The molecule has 0 aliphatic heterocycles. The van der Waals surface area contributed by atoms with Crippen molar-refractivity contribution in [3.05, 3.63) is 0 Å². The number of carbonyl (C=O) groups excluding carboxylic acids is 2. The van der Waals surface area contributed by atoms with Gasteiger partial charge >= 0.3 is 18.0 Å². The number of Topliss-reactive ketones (excluding diaryl/α,β-unsaturated/α-hetero) is 1. The number of hydrogen-bond donors (Lipinski definition) is 1. The van der Waals surface area contributed by atoms with Gasteiger partial charge in [0.1, 0.15) is 0 Å². The standard InChI is InChI=1S/C12H15ClF5NO2/c13-6-8(20)9(7-4-2-1-3-5-7)19-10(21)11(14,15)12(16,17)18/h7,9H,1-6H2,(H,19,21). The first-order valence-corrected chi connectivity index (χ1v) is 6.99. The van der Waals surface area contributed by atoms with E-state index in [0.717, 1.165) is 19.3 Å². The molecule has 21 heavy (non-hydrogen) atoms. The molecule has 1 aliphatic carbocycles. The smallest absolute Gasteiger partial charge is 0.340 e. The van der Waals surface area contributed by atoms with Gasteiger partial charge in [-0.05, 0) is 18.8 Å². The molecule has 122 valence electrons.